The first-order valence-electron chi connectivity index (χ1n) is 9.91. The zero-order chi connectivity index (χ0) is 24.7. The van der Waals surface area contributed by atoms with Crippen molar-refractivity contribution in [2.45, 2.75) is 6.92 Å². The van der Waals surface area contributed by atoms with Gasteiger partial charge in [-0.05, 0) is 60.7 Å². The van der Waals surface area contributed by atoms with Crippen LogP contribution in [0.5, 0.6) is 11.5 Å². The van der Waals surface area contributed by atoms with Crippen LogP contribution in [0.4, 0.5) is 5.69 Å². The number of rotatable bonds is 6. The lowest BCUT2D eigenvalue weighted by Gasteiger charge is -2.11. The topological polar surface area (TPSA) is 123 Å². The summed E-state index contributed by atoms with van der Waals surface area (Å²) in [5.41, 5.74) is 5.77. The molecule has 3 rings (SSSR count). The Morgan fingerprint density at radius 1 is 0.735 bits per heavy atom. The van der Waals surface area contributed by atoms with Crippen LogP contribution in [0.1, 0.15) is 38.0 Å². The number of anilines is 1. The molecule has 0 atom stereocenters. The Hall–Kier alpha value is -4.37. The molecule has 0 unspecified atom stereocenters. The summed E-state index contributed by atoms with van der Waals surface area (Å²) in [7, 11) is 1.37. The molecule has 3 aromatic carbocycles. The molecule has 174 valence electrons. The number of hydrogen-bond acceptors (Lipinski definition) is 6. The highest BCUT2D eigenvalue weighted by molar-refractivity contribution is 6.30. The van der Waals surface area contributed by atoms with Gasteiger partial charge in [-0.2, -0.15) is 0 Å². The van der Waals surface area contributed by atoms with Crippen LogP contribution in [0.15, 0.2) is 66.7 Å². The molecule has 9 nitrogen and oxygen atoms in total. The molecule has 0 aliphatic rings. The van der Waals surface area contributed by atoms with E-state index < -0.39 is 17.8 Å². The van der Waals surface area contributed by atoms with Gasteiger partial charge in [-0.1, -0.05) is 17.7 Å². The first kappa shape index (κ1) is 24.3. The molecule has 0 aliphatic carbocycles. The Morgan fingerprint density at radius 2 is 1.35 bits per heavy atom. The SMILES string of the molecule is COc1cc(C(=O)NNC(=O)c2cccc(NC(=O)c3ccc(Cl)cc3)c2)ccc1OC(C)=O. The van der Waals surface area contributed by atoms with Gasteiger partial charge in [0, 0.05) is 34.3 Å². The van der Waals surface area contributed by atoms with Crippen molar-refractivity contribution in [2.75, 3.05) is 12.4 Å². The molecular weight excluding hydrogens is 462 g/mol. The number of esters is 1. The fourth-order valence-electron chi connectivity index (χ4n) is 2.85. The second-order valence-electron chi connectivity index (χ2n) is 6.91. The number of benzene rings is 3. The third-order valence-electron chi connectivity index (χ3n) is 4.46. The molecule has 0 saturated carbocycles. The van der Waals surface area contributed by atoms with E-state index in [0.717, 1.165) is 0 Å². The van der Waals surface area contributed by atoms with Crippen LogP contribution >= 0.6 is 11.6 Å². The van der Waals surface area contributed by atoms with Crippen LogP contribution in [0.3, 0.4) is 0 Å². The summed E-state index contributed by atoms with van der Waals surface area (Å²) in [6.45, 7) is 1.24. The molecule has 3 amide bonds. The molecule has 10 heteroatoms. The van der Waals surface area contributed by atoms with E-state index in [1.165, 1.54) is 44.4 Å². The van der Waals surface area contributed by atoms with E-state index in [4.69, 9.17) is 21.1 Å². The maximum absolute atomic E-state index is 12.5. The van der Waals surface area contributed by atoms with Gasteiger partial charge in [0.15, 0.2) is 11.5 Å². The molecule has 34 heavy (non-hydrogen) atoms. The van der Waals surface area contributed by atoms with Gasteiger partial charge in [-0.25, -0.2) is 0 Å². The summed E-state index contributed by atoms with van der Waals surface area (Å²) < 4.78 is 10.1. The van der Waals surface area contributed by atoms with Gasteiger partial charge in [-0.15, -0.1) is 0 Å². The number of methoxy groups -OCH3 is 1. The average molecular weight is 482 g/mol. The molecule has 0 bridgehead atoms. The highest BCUT2D eigenvalue weighted by Gasteiger charge is 2.14. The van der Waals surface area contributed by atoms with Crippen molar-refractivity contribution in [1.82, 2.24) is 10.9 Å². The number of amides is 3. The lowest BCUT2D eigenvalue weighted by Crippen LogP contribution is -2.41. The molecule has 0 aromatic heterocycles. The van der Waals surface area contributed by atoms with E-state index in [9.17, 15) is 19.2 Å². The summed E-state index contributed by atoms with van der Waals surface area (Å²) >= 11 is 5.83. The van der Waals surface area contributed by atoms with E-state index in [0.29, 0.717) is 16.3 Å². The zero-order valence-electron chi connectivity index (χ0n) is 18.2. The first-order valence-corrected chi connectivity index (χ1v) is 10.3. The van der Waals surface area contributed by atoms with Gasteiger partial charge in [-0.3, -0.25) is 30.0 Å². The summed E-state index contributed by atoms with van der Waals surface area (Å²) in [5.74, 6) is -1.78. The summed E-state index contributed by atoms with van der Waals surface area (Å²) in [4.78, 5) is 48.4. The maximum Gasteiger partial charge on any atom is 0.308 e. The second-order valence-corrected chi connectivity index (χ2v) is 7.35. The highest BCUT2D eigenvalue weighted by Crippen LogP contribution is 2.28. The number of nitrogens with one attached hydrogen (secondary N) is 3. The average Bonchev–Trinajstić information content (AvgIpc) is 2.82. The number of hydrogen-bond donors (Lipinski definition) is 3. The quantitative estimate of drug-likeness (QED) is 0.281. The van der Waals surface area contributed by atoms with Gasteiger partial charge in [0.25, 0.3) is 17.7 Å². The van der Waals surface area contributed by atoms with Crippen molar-refractivity contribution in [2.24, 2.45) is 0 Å². The van der Waals surface area contributed by atoms with E-state index in [-0.39, 0.29) is 28.5 Å². The van der Waals surface area contributed by atoms with Crippen molar-refractivity contribution in [3.63, 3.8) is 0 Å². The third-order valence-corrected chi connectivity index (χ3v) is 4.71. The first-order chi connectivity index (χ1) is 16.3. The minimum absolute atomic E-state index is 0.160. The van der Waals surface area contributed by atoms with Crippen LogP contribution in [-0.2, 0) is 4.79 Å². The molecular formula is C24H20ClN3O6. The summed E-state index contributed by atoms with van der Waals surface area (Å²) in [6, 6.07) is 16.8. The number of ether oxygens (including phenoxy) is 2. The van der Waals surface area contributed by atoms with Gasteiger partial charge >= 0.3 is 5.97 Å². The predicted octanol–water partition coefficient (Wildman–Crippen LogP) is 3.60. The fourth-order valence-corrected chi connectivity index (χ4v) is 2.97. The number of hydrazine groups is 1. The molecule has 0 saturated heterocycles. The van der Waals surface area contributed by atoms with Crippen LogP contribution in [0.2, 0.25) is 5.02 Å². The standard InChI is InChI=1S/C24H20ClN3O6/c1-14(29)34-20-11-8-17(13-21(20)33-2)24(32)28-27-23(31)16-4-3-5-19(12-16)26-22(30)15-6-9-18(25)10-7-15/h3-13H,1-2H3,(H,26,30)(H,27,31)(H,28,32). The number of carbonyl (C=O) groups is 4. The molecule has 0 heterocycles. The molecule has 0 radical (unpaired) electrons. The van der Waals surface area contributed by atoms with E-state index in [2.05, 4.69) is 16.2 Å². The molecule has 0 fully saturated rings. The number of halogens is 1. The fraction of sp³-hybridized carbons (Fsp3) is 0.0833. The smallest absolute Gasteiger partial charge is 0.308 e. The minimum Gasteiger partial charge on any atom is -0.493 e. The Labute approximate surface area is 200 Å². The van der Waals surface area contributed by atoms with Crippen molar-refractivity contribution in [3.8, 4) is 11.5 Å². The van der Waals surface area contributed by atoms with Crippen LogP contribution < -0.4 is 25.6 Å². The van der Waals surface area contributed by atoms with Gasteiger partial charge < -0.3 is 14.8 Å². The van der Waals surface area contributed by atoms with E-state index in [1.54, 1.807) is 36.4 Å². The maximum atomic E-state index is 12.5. The Balaban J connectivity index is 1.62. The molecule has 3 N–H and O–H groups in total. The summed E-state index contributed by atoms with van der Waals surface area (Å²) in [5, 5.41) is 3.21. The van der Waals surface area contributed by atoms with Crippen LogP contribution in [0.25, 0.3) is 0 Å². The van der Waals surface area contributed by atoms with E-state index >= 15 is 0 Å². The minimum atomic E-state index is -0.617. The molecule has 3 aromatic rings. The monoisotopic (exact) mass is 481 g/mol. The van der Waals surface area contributed by atoms with Crippen molar-refractivity contribution in [3.05, 3.63) is 88.4 Å². The van der Waals surface area contributed by atoms with Gasteiger partial charge in [0.2, 0.25) is 0 Å². The van der Waals surface area contributed by atoms with Crippen molar-refractivity contribution < 1.29 is 28.7 Å². The number of carbonyl (C=O) groups excluding carboxylic acids is 4. The van der Waals surface area contributed by atoms with E-state index in [1.807, 2.05) is 0 Å². The molecule has 0 aliphatic heterocycles. The van der Waals surface area contributed by atoms with Crippen LogP contribution in [0, 0.1) is 0 Å². The lowest BCUT2D eigenvalue weighted by atomic mass is 10.1. The van der Waals surface area contributed by atoms with Gasteiger partial charge in [0.1, 0.15) is 0 Å². The third kappa shape index (κ3) is 6.33. The zero-order valence-corrected chi connectivity index (χ0v) is 18.9. The summed E-state index contributed by atoms with van der Waals surface area (Å²) in [6.07, 6.45) is 0. The predicted molar refractivity (Wildman–Crippen MR) is 125 cm³/mol. The Morgan fingerprint density at radius 3 is 1.97 bits per heavy atom. The normalized spacial score (nSPS) is 10.1. The lowest BCUT2D eigenvalue weighted by molar-refractivity contribution is -0.132. The highest BCUT2D eigenvalue weighted by atomic mass is 35.5. The van der Waals surface area contributed by atoms with Crippen LogP contribution in [-0.4, -0.2) is 30.8 Å². The molecule has 0 spiro atoms. The van der Waals surface area contributed by atoms with Crippen molar-refractivity contribution >= 4 is 41.0 Å². The van der Waals surface area contributed by atoms with Crippen molar-refractivity contribution in [1.29, 1.82) is 0 Å². The Kier molecular flexibility index (Phi) is 7.83. The van der Waals surface area contributed by atoms with Gasteiger partial charge in [0.05, 0.1) is 7.11 Å². The second kappa shape index (κ2) is 11.0. The Bertz CT molecular complexity index is 1240. The largest absolute Gasteiger partial charge is 0.493 e.